The fraction of sp³-hybridized carbons (Fsp3) is 0.478. The number of benzene rings is 1. The molecule has 0 unspecified atom stereocenters. The highest BCUT2D eigenvalue weighted by atomic mass is 16.4. The lowest BCUT2D eigenvalue weighted by Gasteiger charge is -2.27. The first-order chi connectivity index (χ1) is 15.5. The molecule has 3 aromatic rings. The molecule has 0 spiro atoms. The lowest BCUT2D eigenvalue weighted by molar-refractivity contribution is 0.0697. The Balaban J connectivity index is 1.69. The fourth-order valence-corrected chi connectivity index (χ4v) is 4.30. The molecule has 9 nitrogen and oxygen atoms in total. The smallest absolute Gasteiger partial charge is 0.335 e. The summed E-state index contributed by atoms with van der Waals surface area (Å²) in [4.78, 5) is 25.3. The van der Waals surface area contributed by atoms with Crippen molar-refractivity contribution >= 4 is 34.6 Å². The highest BCUT2D eigenvalue weighted by Gasteiger charge is 2.22. The summed E-state index contributed by atoms with van der Waals surface area (Å²) >= 11 is 0. The van der Waals surface area contributed by atoms with Gasteiger partial charge in [0.05, 0.1) is 11.9 Å². The molecule has 5 N–H and O–H groups in total. The van der Waals surface area contributed by atoms with Crippen molar-refractivity contribution in [3.05, 3.63) is 36.2 Å². The topological polar surface area (TPSA) is 131 Å². The highest BCUT2D eigenvalue weighted by molar-refractivity contribution is 5.89. The number of aromatic carboxylic acids is 1. The predicted octanol–water partition coefficient (Wildman–Crippen LogP) is 4.31. The fourth-order valence-electron chi connectivity index (χ4n) is 4.30. The summed E-state index contributed by atoms with van der Waals surface area (Å²) in [6, 6.07) is 7.46. The van der Waals surface area contributed by atoms with Crippen LogP contribution in [0.1, 0.15) is 68.8 Å². The number of imidazole rings is 1. The number of nitrogens with two attached hydrogens (primary N) is 1. The second-order valence-corrected chi connectivity index (χ2v) is 8.45. The molecule has 2 heterocycles. The molecule has 0 saturated heterocycles. The molecule has 170 valence electrons. The van der Waals surface area contributed by atoms with E-state index in [1.807, 2.05) is 6.33 Å². The number of carboxylic acid groups (broad SMARTS) is 1. The summed E-state index contributed by atoms with van der Waals surface area (Å²) < 4.78 is 2.12. The third-order valence-corrected chi connectivity index (χ3v) is 6.26. The SMILES string of the molecule is CCC(CC)n1cnc2c(Nc3ccc(C(=O)O)cc3)nc(NC3CCC(N)CC3)nc21. The maximum Gasteiger partial charge on any atom is 0.335 e. The van der Waals surface area contributed by atoms with Crippen LogP contribution in [-0.4, -0.2) is 42.7 Å². The number of hydrogen-bond donors (Lipinski definition) is 4. The van der Waals surface area contributed by atoms with Gasteiger partial charge in [-0.1, -0.05) is 13.8 Å². The molecule has 4 rings (SSSR count). The molecule has 1 aromatic carbocycles. The number of carbonyl (C=O) groups is 1. The van der Waals surface area contributed by atoms with Gasteiger partial charge in [-0.25, -0.2) is 9.78 Å². The number of aromatic nitrogens is 4. The van der Waals surface area contributed by atoms with Gasteiger partial charge in [0.2, 0.25) is 5.95 Å². The Morgan fingerprint density at radius 1 is 1.16 bits per heavy atom. The van der Waals surface area contributed by atoms with E-state index in [4.69, 9.17) is 20.8 Å². The Morgan fingerprint density at radius 2 is 1.84 bits per heavy atom. The zero-order chi connectivity index (χ0) is 22.7. The summed E-state index contributed by atoms with van der Waals surface area (Å²) in [6.07, 6.45) is 7.77. The van der Waals surface area contributed by atoms with Crippen molar-refractivity contribution in [1.82, 2.24) is 19.5 Å². The van der Waals surface area contributed by atoms with Crippen molar-refractivity contribution in [2.75, 3.05) is 10.6 Å². The normalized spacial score (nSPS) is 18.8. The van der Waals surface area contributed by atoms with Crippen molar-refractivity contribution in [3.8, 4) is 0 Å². The summed E-state index contributed by atoms with van der Waals surface area (Å²) in [6.45, 7) is 4.32. The van der Waals surface area contributed by atoms with Gasteiger partial charge in [0, 0.05) is 23.8 Å². The number of nitrogens with one attached hydrogen (secondary N) is 2. The van der Waals surface area contributed by atoms with E-state index in [1.165, 1.54) is 0 Å². The Kier molecular flexibility index (Phi) is 6.55. The van der Waals surface area contributed by atoms with Crippen LogP contribution >= 0.6 is 0 Å². The van der Waals surface area contributed by atoms with Crippen LogP contribution in [0, 0.1) is 0 Å². The van der Waals surface area contributed by atoms with Gasteiger partial charge in [-0.15, -0.1) is 0 Å². The molecule has 0 atom stereocenters. The number of fused-ring (bicyclic) bond motifs is 1. The summed E-state index contributed by atoms with van der Waals surface area (Å²) in [7, 11) is 0. The molecule has 0 radical (unpaired) electrons. The zero-order valence-corrected chi connectivity index (χ0v) is 18.6. The van der Waals surface area contributed by atoms with Gasteiger partial charge >= 0.3 is 5.97 Å². The van der Waals surface area contributed by atoms with E-state index in [1.54, 1.807) is 24.3 Å². The first kappa shape index (κ1) is 22.0. The number of nitrogens with zero attached hydrogens (tertiary/aromatic N) is 4. The second kappa shape index (κ2) is 9.52. The molecule has 0 amide bonds. The monoisotopic (exact) mass is 437 g/mol. The van der Waals surface area contributed by atoms with Gasteiger partial charge in [0.1, 0.15) is 0 Å². The Morgan fingerprint density at radius 3 is 2.47 bits per heavy atom. The third-order valence-electron chi connectivity index (χ3n) is 6.26. The molecular weight excluding hydrogens is 406 g/mol. The van der Waals surface area contributed by atoms with E-state index < -0.39 is 5.97 Å². The Bertz CT molecular complexity index is 1070. The van der Waals surface area contributed by atoms with Crippen LogP contribution in [0.15, 0.2) is 30.6 Å². The van der Waals surface area contributed by atoms with Crippen molar-refractivity contribution in [2.45, 2.75) is 70.5 Å². The maximum atomic E-state index is 11.2. The van der Waals surface area contributed by atoms with Crippen molar-refractivity contribution in [2.24, 2.45) is 5.73 Å². The average molecular weight is 438 g/mol. The van der Waals surface area contributed by atoms with Crippen LogP contribution in [0.5, 0.6) is 0 Å². The van der Waals surface area contributed by atoms with Gasteiger partial charge in [0.15, 0.2) is 17.0 Å². The Labute approximate surface area is 187 Å². The van der Waals surface area contributed by atoms with E-state index >= 15 is 0 Å². The molecule has 0 bridgehead atoms. The van der Waals surface area contributed by atoms with Crippen molar-refractivity contribution < 1.29 is 9.90 Å². The third kappa shape index (κ3) is 4.67. The predicted molar refractivity (Wildman–Crippen MR) is 125 cm³/mol. The van der Waals surface area contributed by atoms with E-state index in [9.17, 15) is 4.79 Å². The van der Waals surface area contributed by atoms with Crippen LogP contribution in [0.4, 0.5) is 17.5 Å². The van der Waals surface area contributed by atoms with E-state index in [2.05, 4.69) is 34.0 Å². The van der Waals surface area contributed by atoms with Crippen molar-refractivity contribution in [1.29, 1.82) is 0 Å². The number of carboxylic acids is 1. The lowest BCUT2D eigenvalue weighted by Crippen LogP contribution is -2.33. The van der Waals surface area contributed by atoms with Crippen LogP contribution in [0.3, 0.4) is 0 Å². The first-order valence-electron chi connectivity index (χ1n) is 11.4. The van der Waals surface area contributed by atoms with Gasteiger partial charge in [-0.05, 0) is 62.8 Å². The van der Waals surface area contributed by atoms with Gasteiger partial charge in [0.25, 0.3) is 0 Å². The lowest BCUT2D eigenvalue weighted by atomic mass is 9.92. The average Bonchev–Trinajstić information content (AvgIpc) is 3.21. The molecule has 2 aromatic heterocycles. The first-order valence-corrected chi connectivity index (χ1v) is 11.4. The molecule has 32 heavy (non-hydrogen) atoms. The van der Waals surface area contributed by atoms with E-state index in [0.29, 0.717) is 29.4 Å². The molecule has 1 saturated carbocycles. The largest absolute Gasteiger partial charge is 0.478 e. The quantitative estimate of drug-likeness (QED) is 0.410. The number of rotatable bonds is 8. The maximum absolute atomic E-state index is 11.2. The molecule has 1 aliphatic rings. The molecular formula is C23H31N7O2. The van der Waals surface area contributed by atoms with E-state index in [-0.39, 0.29) is 11.6 Å². The van der Waals surface area contributed by atoms with Crippen LogP contribution in [0.25, 0.3) is 11.2 Å². The molecule has 1 aliphatic carbocycles. The van der Waals surface area contributed by atoms with Gasteiger partial charge in [-0.2, -0.15) is 9.97 Å². The highest BCUT2D eigenvalue weighted by Crippen LogP contribution is 2.29. The zero-order valence-electron chi connectivity index (χ0n) is 18.6. The number of hydrogen-bond acceptors (Lipinski definition) is 7. The minimum atomic E-state index is -0.955. The molecule has 9 heteroatoms. The minimum absolute atomic E-state index is 0.235. The summed E-state index contributed by atoms with van der Waals surface area (Å²) in [5.41, 5.74) is 8.51. The van der Waals surface area contributed by atoms with Crippen LogP contribution in [0.2, 0.25) is 0 Å². The van der Waals surface area contributed by atoms with Crippen molar-refractivity contribution in [3.63, 3.8) is 0 Å². The van der Waals surface area contributed by atoms with Gasteiger partial charge in [-0.3, -0.25) is 0 Å². The van der Waals surface area contributed by atoms with E-state index in [0.717, 1.165) is 49.9 Å². The van der Waals surface area contributed by atoms with Crippen LogP contribution in [-0.2, 0) is 0 Å². The van der Waals surface area contributed by atoms with Gasteiger partial charge < -0.3 is 26.0 Å². The Hall–Kier alpha value is -3.20. The summed E-state index contributed by atoms with van der Waals surface area (Å²) in [5, 5.41) is 16.0. The summed E-state index contributed by atoms with van der Waals surface area (Å²) in [5.74, 6) is 0.205. The second-order valence-electron chi connectivity index (χ2n) is 8.45. The number of anilines is 3. The minimum Gasteiger partial charge on any atom is -0.478 e. The molecule has 1 fully saturated rings. The van der Waals surface area contributed by atoms with Crippen LogP contribution < -0.4 is 16.4 Å². The standard InChI is InChI=1S/C23H31N7O2/c1-3-18(4-2)30-13-25-19-20(26-16-9-5-14(6-10-16)22(31)32)28-23(29-21(19)30)27-17-11-7-15(24)8-12-17/h5-6,9-10,13,15,17-18H,3-4,7-8,11-12,24H2,1-2H3,(H,31,32)(H2,26,27,28,29). The molecule has 0 aliphatic heterocycles.